The Bertz CT molecular complexity index is 874. The first kappa shape index (κ1) is 19.6. The molecule has 0 fully saturated rings. The number of aromatic hydroxyl groups is 1. The Morgan fingerprint density at radius 2 is 2.04 bits per heavy atom. The third-order valence-corrected chi connectivity index (χ3v) is 4.24. The van der Waals surface area contributed by atoms with Crippen LogP contribution in [0.2, 0.25) is 0 Å². The number of hydrogen-bond acceptors (Lipinski definition) is 6. The molecule has 6 nitrogen and oxygen atoms in total. The zero-order valence-electron chi connectivity index (χ0n) is 14.2. The van der Waals surface area contributed by atoms with Crippen LogP contribution < -0.4 is 0 Å². The van der Waals surface area contributed by atoms with Crippen molar-refractivity contribution < 1.29 is 19.4 Å². The molecule has 0 aliphatic rings. The number of nitrogens with zero attached hydrogens (tertiary/aromatic N) is 2. The molecule has 2 aromatic rings. The minimum Gasteiger partial charge on any atom is -0.504 e. The molecule has 0 unspecified atom stereocenters. The second-order valence-corrected chi connectivity index (χ2v) is 6.32. The van der Waals surface area contributed by atoms with Gasteiger partial charge in [0.1, 0.15) is 5.69 Å². The smallest absolute Gasteiger partial charge is 0.306 e. The molecule has 7 heteroatoms. The van der Waals surface area contributed by atoms with Gasteiger partial charge in [-0.1, -0.05) is 18.2 Å². The molecule has 0 saturated heterocycles. The molecule has 0 radical (unpaired) electrons. The molecule has 1 aromatic heterocycles. The van der Waals surface area contributed by atoms with Gasteiger partial charge >= 0.3 is 5.97 Å². The molecule has 134 valence electrons. The number of ketones is 1. The van der Waals surface area contributed by atoms with Crippen LogP contribution in [0, 0.1) is 11.3 Å². The molecule has 1 aromatic carbocycles. The average Bonchev–Trinajstić information content (AvgIpc) is 2.63. The first-order valence-electron chi connectivity index (χ1n) is 8.01. The van der Waals surface area contributed by atoms with Crippen molar-refractivity contribution in [2.45, 2.75) is 26.2 Å². The van der Waals surface area contributed by atoms with E-state index < -0.39 is 11.8 Å². The van der Waals surface area contributed by atoms with Crippen LogP contribution in [0.3, 0.4) is 0 Å². The van der Waals surface area contributed by atoms with Crippen molar-refractivity contribution in [3.8, 4) is 11.8 Å². The second-order valence-electron chi connectivity index (χ2n) is 5.47. The first-order valence-corrected chi connectivity index (χ1v) is 8.80. The van der Waals surface area contributed by atoms with Crippen molar-refractivity contribution in [1.29, 1.82) is 5.26 Å². The highest BCUT2D eigenvalue weighted by atomic mass is 79.9. The van der Waals surface area contributed by atoms with Crippen molar-refractivity contribution >= 4 is 27.7 Å². The van der Waals surface area contributed by atoms with E-state index in [1.165, 1.54) is 0 Å². The lowest BCUT2D eigenvalue weighted by molar-refractivity contribution is -0.143. The number of ether oxygens (including phenoxy) is 1. The van der Waals surface area contributed by atoms with Crippen LogP contribution >= 0.6 is 15.9 Å². The molecule has 0 saturated carbocycles. The highest BCUT2D eigenvalue weighted by Crippen LogP contribution is 2.29. The van der Waals surface area contributed by atoms with Gasteiger partial charge in [-0.05, 0) is 40.5 Å². The molecule has 1 heterocycles. The number of esters is 1. The standard InChI is InChI=1S/C19H17BrN2O4/c1-2-26-17(24)8-7-16(23)18-19(25)15(20)10-14(22-18)9-12-5-3-4-6-13(12)11-21/h3-6,10,25H,2,7-9H2,1H3. The van der Waals surface area contributed by atoms with Gasteiger partial charge in [0.25, 0.3) is 0 Å². The zero-order valence-corrected chi connectivity index (χ0v) is 15.7. The van der Waals surface area contributed by atoms with E-state index >= 15 is 0 Å². The summed E-state index contributed by atoms with van der Waals surface area (Å²) in [6, 6.07) is 10.8. The summed E-state index contributed by atoms with van der Waals surface area (Å²) in [5.74, 6) is -1.19. The number of carbonyl (C=O) groups is 2. The highest BCUT2D eigenvalue weighted by molar-refractivity contribution is 9.10. The zero-order chi connectivity index (χ0) is 19.1. The number of Topliss-reactive ketones (excluding diaryl/α,β-unsaturated/α-hetero) is 1. The van der Waals surface area contributed by atoms with E-state index in [2.05, 4.69) is 27.0 Å². The van der Waals surface area contributed by atoms with Crippen molar-refractivity contribution in [3.05, 3.63) is 57.3 Å². The number of rotatable bonds is 7. The molecular formula is C19H17BrN2O4. The van der Waals surface area contributed by atoms with Crippen LogP contribution in [0.25, 0.3) is 0 Å². The molecule has 0 bridgehead atoms. The summed E-state index contributed by atoms with van der Waals surface area (Å²) in [6.07, 6.45) is 0.151. The maximum atomic E-state index is 12.4. The molecule has 1 N–H and O–H groups in total. The van der Waals surface area contributed by atoms with Gasteiger partial charge in [0.2, 0.25) is 0 Å². The van der Waals surface area contributed by atoms with E-state index in [1.54, 1.807) is 25.1 Å². The van der Waals surface area contributed by atoms with E-state index in [0.717, 1.165) is 5.56 Å². The number of nitriles is 1. The SMILES string of the molecule is CCOC(=O)CCC(=O)c1nc(Cc2ccccc2C#N)cc(Br)c1O. The van der Waals surface area contributed by atoms with Crippen LogP contribution in [0.15, 0.2) is 34.8 Å². The van der Waals surface area contributed by atoms with Gasteiger partial charge in [0.15, 0.2) is 11.5 Å². The highest BCUT2D eigenvalue weighted by Gasteiger charge is 2.19. The predicted molar refractivity (Wildman–Crippen MR) is 97.8 cm³/mol. The summed E-state index contributed by atoms with van der Waals surface area (Å²) < 4.78 is 5.13. The second kappa shape index (κ2) is 9.11. The number of pyridine rings is 1. The Morgan fingerprint density at radius 1 is 1.31 bits per heavy atom. The Labute approximate surface area is 159 Å². The van der Waals surface area contributed by atoms with E-state index in [1.807, 2.05) is 12.1 Å². The lowest BCUT2D eigenvalue weighted by atomic mass is 10.0. The van der Waals surface area contributed by atoms with Crippen LogP contribution in [-0.2, 0) is 16.0 Å². The Kier molecular flexibility index (Phi) is 6.87. The van der Waals surface area contributed by atoms with Crippen LogP contribution in [-0.4, -0.2) is 28.4 Å². The number of hydrogen-bond donors (Lipinski definition) is 1. The maximum absolute atomic E-state index is 12.4. The molecule has 26 heavy (non-hydrogen) atoms. The molecule has 0 aliphatic carbocycles. The molecule has 0 atom stereocenters. The third kappa shape index (κ3) is 4.90. The first-order chi connectivity index (χ1) is 12.5. The summed E-state index contributed by atoms with van der Waals surface area (Å²) in [7, 11) is 0. The minimum atomic E-state index is -0.474. The van der Waals surface area contributed by atoms with Crippen molar-refractivity contribution in [3.63, 3.8) is 0 Å². The Balaban J connectivity index is 2.24. The third-order valence-electron chi connectivity index (χ3n) is 3.63. The van der Waals surface area contributed by atoms with E-state index in [9.17, 15) is 20.0 Å². The molecule has 0 spiro atoms. The van der Waals surface area contributed by atoms with Gasteiger partial charge in [-0.3, -0.25) is 9.59 Å². The quantitative estimate of drug-likeness (QED) is 0.547. The van der Waals surface area contributed by atoms with E-state index in [4.69, 9.17) is 4.74 Å². The largest absolute Gasteiger partial charge is 0.504 e. The Morgan fingerprint density at radius 3 is 2.73 bits per heavy atom. The number of halogens is 1. The van der Waals surface area contributed by atoms with Gasteiger partial charge in [-0.15, -0.1) is 0 Å². The minimum absolute atomic E-state index is 0.0765. The van der Waals surface area contributed by atoms with Gasteiger partial charge in [-0.2, -0.15) is 5.26 Å². The van der Waals surface area contributed by atoms with Gasteiger partial charge in [-0.25, -0.2) is 4.98 Å². The number of aromatic nitrogens is 1. The predicted octanol–water partition coefficient (Wildman–Crippen LogP) is 3.54. The normalized spacial score (nSPS) is 10.2. The molecule has 0 aliphatic heterocycles. The lowest BCUT2D eigenvalue weighted by Gasteiger charge is -2.09. The van der Waals surface area contributed by atoms with Gasteiger partial charge in [0, 0.05) is 18.5 Å². The van der Waals surface area contributed by atoms with Crippen molar-refractivity contribution in [2.75, 3.05) is 6.61 Å². The topological polar surface area (TPSA) is 100 Å². The maximum Gasteiger partial charge on any atom is 0.306 e. The van der Waals surface area contributed by atoms with Gasteiger partial charge < -0.3 is 9.84 Å². The number of carbonyl (C=O) groups excluding carboxylic acids is 2. The summed E-state index contributed by atoms with van der Waals surface area (Å²) in [6.45, 7) is 1.93. The Hall–Kier alpha value is -2.72. The van der Waals surface area contributed by atoms with Gasteiger partial charge in [0.05, 0.1) is 29.1 Å². The van der Waals surface area contributed by atoms with Crippen molar-refractivity contribution in [2.24, 2.45) is 0 Å². The van der Waals surface area contributed by atoms with Crippen molar-refractivity contribution in [1.82, 2.24) is 4.98 Å². The lowest BCUT2D eigenvalue weighted by Crippen LogP contribution is -2.10. The summed E-state index contributed by atoms with van der Waals surface area (Å²) in [4.78, 5) is 28.0. The monoisotopic (exact) mass is 416 g/mol. The molecule has 2 rings (SSSR count). The van der Waals surface area contributed by atoms with Crippen LogP contribution in [0.4, 0.5) is 0 Å². The summed E-state index contributed by atoms with van der Waals surface area (Å²) in [5.41, 5.74) is 1.71. The fourth-order valence-electron chi connectivity index (χ4n) is 2.39. The van der Waals surface area contributed by atoms with Crippen LogP contribution in [0.1, 0.15) is 47.1 Å². The number of benzene rings is 1. The fourth-order valence-corrected chi connectivity index (χ4v) is 2.84. The summed E-state index contributed by atoms with van der Waals surface area (Å²) in [5, 5.41) is 19.3. The summed E-state index contributed by atoms with van der Waals surface area (Å²) >= 11 is 3.22. The van der Waals surface area contributed by atoms with E-state index in [-0.39, 0.29) is 30.9 Å². The van der Waals surface area contributed by atoms with E-state index in [0.29, 0.717) is 22.2 Å². The molecular weight excluding hydrogens is 400 g/mol. The molecule has 0 amide bonds. The average molecular weight is 417 g/mol. The van der Waals surface area contributed by atoms with Crippen LogP contribution in [0.5, 0.6) is 5.75 Å². The fraction of sp³-hybridized carbons (Fsp3) is 0.263.